The molecule has 106 valence electrons. The average molecular weight is 270 g/mol. The fourth-order valence-electron chi connectivity index (χ4n) is 1.37. The minimum absolute atomic E-state index is 0.00796. The summed E-state index contributed by atoms with van der Waals surface area (Å²) in [5.41, 5.74) is 0.286. The average Bonchev–Trinajstić information content (AvgIpc) is 2.34. The molecule has 0 bridgehead atoms. The lowest BCUT2D eigenvalue weighted by Gasteiger charge is -2.15. The molecule has 0 aliphatic carbocycles. The van der Waals surface area contributed by atoms with Gasteiger partial charge < -0.3 is 14.6 Å². The molecule has 1 unspecified atom stereocenters. The Kier molecular flexibility index (Phi) is 5.92. The van der Waals surface area contributed by atoms with E-state index in [9.17, 15) is 14.3 Å². The molecule has 19 heavy (non-hydrogen) atoms. The van der Waals surface area contributed by atoms with E-state index in [1.54, 1.807) is 0 Å². The third-order valence-corrected chi connectivity index (χ3v) is 2.39. The van der Waals surface area contributed by atoms with Gasteiger partial charge in [0.05, 0.1) is 12.7 Å². The second kappa shape index (κ2) is 7.21. The van der Waals surface area contributed by atoms with Crippen molar-refractivity contribution in [2.75, 3.05) is 13.2 Å². The quantitative estimate of drug-likeness (QED) is 0.772. The molecule has 0 saturated carbocycles. The zero-order chi connectivity index (χ0) is 14.4. The maximum Gasteiger partial charge on any atom is 0.165 e. The largest absolute Gasteiger partial charge is 0.488 e. The van der Waals surface area contributed by atoms with Gasteiger partial charge in [0.15, 0.2) is 17.3 Å². The first-order valence-corrected chi connectivity index (χ1v) is 6.13. The number of hydrogen-bond acceptors (Lipinski definition) is 4. The van der Waals surface area contributed by atoms with Crippen molar-refractivity contribution in [2.45, 2.75) is 33.0 Å². The van der Waals surface area contributed by atoms with E-state index in [4.69, 9.17) is 9.47 Å². The van der Waals surface area contributed by atoms with E-state index >= 15 is 0 Å². The third kappa shape index (κ3) is 5.36. The molecule has 0 aliphatic heterocycles. The maximum atomic E-state index is 13.6. The van der Waals surface area contributed by atoms with Gasteiger partial charge >= 0.3 is 0 Å². The Hall–Kier alpha value is -1.46. The highest BCUT2D eigenvalue weighted by Gasteiger charge is 2.11. The van der Waals surface area contributed by atoms with Crippen LogP contribution in [-0.4, -0.2) is 36.3 Å². The smallest absolute Gasteiger partial charge is 0.165 e. The topological polar surface area (TPSA) is 55.8 Å². The highest BCUT2D eigenvalue weighted by molar-refractivity contribution is 5.94. The number of ether oxygens (including phenoxy) is 2. The number of benzene rings is 1. The Morgan fingerprint density at radius 2 is 2.05 bits per heavy atom. The van der Waals surface area contributed by atoms with Crippen LogP contribution in [0.15, 0.2) is 18.2 Å². The predicted molar refractivity (Wildman–Crippen MR) is 69.0 cm³/mol. The van der Waals surface area contributed by atoms with Crippen LogP contribution in [0.5, 0.6) is 5.75 Å². The summed E-state index contributed by atoms with van der Waals surface area (Å²) in [5.74, 6) is -0.825. The number of rotatable bonds is 7. The van der Waals surface area contributed by atoms with E-state index in [1.807, 2.05) is 13.8 Å². The minimum Gasteiger partial charge on any atom is -0.488 e. The van der Waals surface area contributed by atoms with Crippen LogP contribution in [0.1, 0.15) is 31.1 Å². The molecule has 1 aromatic rings. The molecule has 0 heterocycles. The first kappa shape index (κ1) is 15.6. The molecule has 0 fully saturated rings. The van der Waals surface area contributed by atoms with Crippen molar-refractivity contribution in [1.29, 1.82) is 0 Å². The molecule has 4 nitrogen and oxygen atoms in total. The Morgan fingerprint density at radius 3 is 2.58 bits per heavy atom. The Balaban J connectivity index is 2.51. The molecule has 0 radical (unpaired) electrons. The number of hydrogen-bond donors (Lipinski definition) is 1. The van der Waals surface area contributed by atoms with Crippen molar-refractivity contribution in [3.63, 3.8) is 0 Å². The number of Topliss-reactive ketones (excluding diaryl/α,β-unsaturated/α-hetero) is 1. The van der Waals surface area contributed by atoms with Gasteiger partial charge in [-0.15, -0.1) is 0 Å². The van der Waals surface area contributed by atoms with Gasteiger partial charge in [0.2, 0.25) is 0 Å². The van der Waals surface area contributed by atoms with E-state index in [0.29, 0.717) is 0 Å². The lowest BCUT2D eigenvalue weighted by molar-refractivity contribution is -0.0127. The number of carbonyl (C=O) groups excluding carboxylic acids is 1. The van der Waals surface area contributed by atoms with Gasteiger partial charge in [0, 0.05) is 5.56 Å². The van der Waals surface area contributed by atoms with Crippen molar-refractivity contribution in [3.8, 4) is 5.75 Å². The van der Waals surface area contributed by atoms with Gasteiger partial charge in [-0.2, -0.15) is 0 Å². The summed E-state index contributed by atoms with van der Waals surface area (Å²) in [6, 6.07) is 3.98. The van der Waals surface area contributed by atoms with E-state index in [0.717, 1.165) is 6.07 Å². The van der Waals surface area contributed by atoms with Gasteiger partial charge in [-0.3, -0.25) is 4.79 Å². The molecule has 0 aliphatic rings. The van der Waals surface area contributed by atoms with Crippen LogP contribution in [0.2, 0.25) is 0 Å². The molecular formula is C14H19FO4. The second-order valence-electron chi connectivity index (χ2n) is 4.55. The molecule has 1 atom stereocenters. The van der Waals surface area contributed by atoms with E-state index < -0.39 is 11.9 Å². The normalized spacial score (nSPS) is 12.5. The summed E-state index contributed by atoms with van der Waals surface area (Å²) in [5, 5.41) is 9.57. The SMILES string of the molecule is CC(=O)c1ccc(OCC(O)COC(C)C)c(F)c1. The first-order chi connectivity index (χ1) is 8.90. The summed E-state index contributed by atoms with van der Waals surface area (Å²) in [6.07, 6.45) is -0.810. The number of aliphatic hydroxyl groups excluding tert-OH is 1. The van der Waals surface area contributed by atoms with Gasteiger partial charge in [0.1, 0.15) is 12.7 Å². The molecule has 1 aromatic carbocycles. The summed E-state index contributed by atoms with van der Waals surface area (Å²) >= 11 is 0. The van der Waals surface area contributed by atoms with Crippen LogP contribution < -0.4 is 4.74 Å². The zero-order valence-corrected chi connectivity index (χ0v) is 11.4. The predicted octanol–water partition coefficient (Wildman–Crippen LogP) is 2.19. The van der Waals surface area contributed by atoms with Crippen LogP contribution in [-0.2, 0) is 4.74 Å². The second-order valence-corrected chi connectivity index (χ2v) is 4.55. The molecular weight excluding hydrogens is 251 g/mol. The number of aliphatic hydroxyl groups is 1. The van der Waals surface area contributed by atoms with Crippen LogP contribution in [0, 0.1) is 5.82 Å². The Bertz CT molecular complexity index is 431. The highest BCUT2D eigenvalue weighted by Crippen LogP contribution is 2.18. The van der Waals surface area contributed by atoms with E-state index in [2.05, 4.69) is 0 Å². The molecule has 0 aromatic heterocycles. The number of carbonyl (C=O) groups is 1. The summed E-state index contributed by atoms with van der Waals surface area (Å²) in [7, 11) is 0. The van der Waals surface area contributed by atoms with Gasteiger partial charge in [-0.1, -0.05) is 0 Å². The standard InChI is InChI=1S/C14H19FO4/c1-9(2)18-7-12(17)8-19-14-5-4-11(10(3)16)6-13(14)15/h4-6,9,12,17H,7-8H2,1-3H3. The number of halogens is 1. The van der Waals surface area contributed by atoms with Crippen LogP contribution >= 0.6 is 0 Å². The van der Waals surface area contributed by atoms with Crippen LogP contribution in [0.3, 0.4) is 0 Å². The van der Waals surface area contributed by atoms with Crippen LogP contribution in [0.4, 0.5) is 4.39 Å². The zero-order valence-electron chi connectivity index (χ0n) is 11.4. The van der Waals surface area contributed by atoms with Crippen molar-refractivity contribution >= 4 is 5.78 Å². The Morgan fingerprint density at radius 1 is 1.37 bits per heavy atom. The monoisotopic (exact) mass is 270 g/mol. The Labute approximate surface area is 112 Å². The lowest BCUT2D eigenvalue weighted by atomic mass is 10.1. The molecule has 0 spiro atoms. The molecule has 0 amide bonds. The minimum atomic E-state index is -0.825. The van der Waals surface area contributed by atoms with Crippen molar-refractivity contribution in [3.05, 3.63) is 29.6 Å². The van der Waals surface area contributed by atoms with Gasteiger partial charge in [0.25, 0.3) is 0 Å². The molecule has 0 saturated heterocycles. The molecule has 1 rings (SSSR count). The van der Waals surface area contributed by atoms with Gasteiger partial charge in [-0.25, -0.2) is 4.39 Å². The molecule has 1 N–H and O–H groups in total. The van der Waals surface area contributed by atoms with Crippen molar-refractivity contribution in [1.82, 2.24) is 0 Å². The fourth-order valence-corrected chi connectivity index (χ4v) is 1.37. The maximum absolute atomic E-state index is 13.6. The van der Waals surface area contributed by atoms with E-state index in [1.165, 1.54) is 19.1 Å². The highest BCUT2D eigenvalue weighted by atomic mass is 19.1. The van der Waals surface area contributed by atoms with E-state index in [-0.39, 0.29) is 36.4 Å². The van der Waals surface area contributed by atoms with Crippen molar-refractivity contribution in [2.24, 2.45) is 0 Å². The van der Waals surface area contributed by atoms with Crippen molar-refractivity contribution < 1.29 is 23.8 Å². The fraction of sp³-hybridized carbons (Fsp3) is 0.500. The number of ketones is 1. The van der Waals surface area contributed by atoms with Gasteiger partial charge in [-0.05, 0) is 39.0 Å². The summed E-state index contributed by atoms with van der Waals surface area (Å²) < 4.78 is 23.9. The first-order valence-electron chi connectivity index (χ1n) is 6.13. The summed E-state index contributed by atoms with van der Waals surface area (Å²) in [4.78, 5) is 11.1. The third-order valence-electron chi connectivity index (χ3n) is 2.39. The van der Waals surface area contributed by atoms with Crippen LogP contribution in [0.25, 0.3) is 0 Å². The molecule has 5 heteroatoms. The lowest BCUT2D eigenvalue weighted by Crippen LogP contribution is -2.25. The summed E-state index contributed by atoms with van der Waals surface area (Å²) in [6.45, 7) is 5.14.